The lowest BCUT2D eigenvalue weighted by Crippen LogP contribution is -2.21. The van der Waals surface area contributed by atoms with Gasteiger partial charge in [-0.1, -0.05) is 44.2 Å². The molecule has 0 aliphatic carbocycles. The van der Waals surface area contributed by atoms with Crippen LogP contribution < -0.4 is 0 Å². The fourth-order valence-corrected chi connectivity index (χ4v) is 2.32. The van der Waals surface area contributed by atoms with E-state index in [0.717, 1.165) is 12.0 Å². The van der Waals surface area contributed by atoms with Gasteiger partial charge in [-0.25, -0.2) is 0 Å². The van der Waals surface area contributed by atoms with Crippen molar-refractivity contribution >= 4 is 5.97 Å². The number of rotatable bonds is 5. The van der Waals surface area contributed by atoms with Gasteiger partial charge in [0.2, 0.25) is 0 Å². The second-order valence-corrected chi connectivity index (χ2v) is 5.27. The summed E-state index contributed by atoms with van der Waals surface area (Å²) in [6.45, 7) is 4.86. The Bertz CT molecular complexity index is 386. The summed E-state index contributed by atoms with van der Waals surface area (Å²) in [6, 6.07) is 10.0. The minimum atomic E-state index is -0.312. The number of hydrogen-bond acceptors (Lipinski definition) is 2. The largest absolute Gasteiger partial charge is 0.485 e. The van der Waals surface area contributed by atoms with Crippen molar-refractivity contribution < 1.29 is 14.3 Å². The van der Waals surface area contributed by atoms with E-state index < -0.39 is 0 Å². The van der Waals surface area contributed by atoms with Crippen LogP contribution in [0.25, 0.3) is 0 Å². The van der Waals surface area contributed by atoms with E-state index in [0.29, 0.717) is 18.9 Å². The molecule has 3 heteroatoms. The molecule has 1 aliphatic rings. The summed E-state index contributed by atoms with van der Waals surface area (Å²) in [5, 5.41) is 0. The van der Waals surface area contributed by atoms with Crippen LogP contribution in [-0.2, 0) is 16.1 Å². The Balaban J connectivity index is 1.89. The van der Waals surface area contributed by atoms with Crippen molar-refractivity contribution in [1.82, 2.24) is 0 Å². The monoisotopic (exact) mass is 249 g/mol. The Morgan fingerprint density at radius 3 is 2.72 bits per heavy atom. The SMILES string of the molecule is CC(C)CC1CC(=[OH+])OC1OCc1ccccc1. The lowest BCUT2D eigenvalue weighted by atomic mass is 9.95. The van der Waals surface area contributed by atoms with Crippen molar-refractivity contribution in [3.8, 4) is 0 Å². The first-order valence-corrected chi connectivity index (χ1v) is 6.52. The number of ether oxygens (including phenoxy) is 2. The van der Waals surface area contributed by atoms with Crippen LogP contribution in [0.5, 0.6) is 0 Å². The van der Waals surface area contributed by atoms with Crippen molar-refractivity contribution in [3.05, 3.63) is 35.9 Å². The fraction of sp³-hybridized carbons (Fsp3) is 0.533. The highest BCUT2D eigenvalue weighted by Gasteiger charge is 2.43. The van der Waals surface area contributed by atoms with Crippen LogP contribution in [0.2, 0.25) is 0 Å². The highest BCUT2D eigenvalue weighted by Crippen LogP contribution is 2.29. The number of cyclic esters (lactones) is 1. The van der Waals surface area contributed by atoms with Crippen molar-refractivity contribution in [2.75, 3.05) is 0 Å². The highest BCUT2D eigenvalue weighted by molar-refractivity contribution is 5.73. The molecule has 1 fully saturated rings. The van der Waals surface area contributed by atoms with E-state index in [1.165, 1.54) is 0 Å². The highest BCUT2D eigenvalue weighted by atomic mass is 16.7. The molecule has 0 saturated carbocycles. The van der Waals surface area contributed by atoms with E-state index in [1.807, 2.05) is 30.3 Å². The van der Waals surface area contributed by atoms with Gasteiger partial charge in [0.25, 0.3) is 0 Å². The summed E-state index contributed by atoms with van der Waals surface area (Å²) in [5.41, 5.74) is 1.12. The molecule has 0 spiro atoms. The molecule has 1 aromatic rings. The van der Waals surface area contributed by atoms with Crippen LogP contribution in [-0.4, -0.2) is 17.1 Å². The summed E-state index contributed by atoms with van der Waals surface area (Å²) in [6.07, 6.45) is 1.29. The summed E-state index contributed by atoms with van der Waals surface area (Å²) in [5.74, 6) is 0.944. The topological polar surface area (TPSA) is 39.9 Å². The Labute approximate surface area is 108 Å². The van der Waals surface area contributed by atoms with E-state index in [-0.39, 0.29) is 18.2 Å². The number of esters is 1. The van der Waals surface area contributed by atoms with Crippen LogP contribution in [0, 0.1) is 11.8 Å². The molecule has 1 saturated heterocycles. The zero-order chi connectivity index (χ0) is 13.0. The maximum Gasteiger partial charge on any atom is 0.485 e. The molecular formula is C15H21O3+. The lowest BCUT2D eigenvalue weighted by Gasteiger charge is -2.15. The molecule has 2 atom stereocenters. The third kappa shape index (κ3) is 3.57. The first-order valence-electron chi connectivity index (χ1n) is 6.52. The average Bonchev–Trinajstić information content (AvgIpc) is 2.67. The minimum Gasteiger partial charge on any atom is -0.339 e. The van der Waals surface area contributed by atoms with Crippen LogP contribution in [0.3, 0.4) is 0 Å². The van der Waals surface area contributed by atoms with Crippen molar-refractivity contribution in [3.63, 3.8) is 0 Å². The Morgan fingerprint density at radius 1 is 1.33 bits per heavy atom. The second kappa shape index (κ2) is 6.01. The summed E-state index contributed by atoms with van der Waals surface area (Å²) in [7, 11) is 0. The zero-order valence-corrected chi connectivity index (χ0v) is 11.0. The number of benzene rings is 1. The third-order valence-corrected chi connectivity index (χ3v) is 3.11. The molecule has 1 aromatic carbocycles. The molecule has 18 heavy (non-hydrogen) atoms. The van der Waals surface area contributed by atoms with Gasteiger partial charge in [0, 0.05) is 0 Å². The molecule has 0 bridgehead atoms. The van der Waals surface area contributed by atoms with E-state index in [4.69, 9.17) is 9.47 Å². The Kier molecular flexibility index (Phi) is 4.37. The van der Waals surface area contributed by atoms with Crippen molar-refractivity contribution in [2.24, 2.45) is 11.8 Å². The predicted molar refractivity (Wildman–Crippen MR) is 70.6 cm³/mol. The van der Waals surface area contributed by atoms with Gasteiger partial charge in [-0.05, 0) is 17.9 Å². The fourth-order valence-electron chi connectivity index (χ4n) is 2.32. The molecule has 0 radical (unpaired) electrons. The lowest BCUT2D eigenvalue weighted by molar-refractivity contribution is -0.115. The maximum absolute atomic E-state index is 9.49. The third-order valence-electron chi connectivity index (χ3n) is 3.11. The standard InChI is InChI=1S/C15H20O3/c1-11(2)8-13-9-14(16)18-15(13)17-10-12-6-4-3-5-7-12/h3-7,11,13,15H,8-10H2,1-2H3/p+1. The van der Waals surface area contributed by atoms with Gasteiger partial charge in [0.05, 0.1) is 12.5 Å². The molecule has 1 aliphatic heterocycles. The van der Waals surface area contributed by atoms with Gasteiger partial charge in [0.15, 0.2) is 0 Å². The quantitative estimate of drug-likeness (QED) is 0.594. The molecule has 3 nitrogen and oxygen atoms in total. The van der Waals surface area contributed by atoms with E-state index >= 15 is 0 Å². The normalized spacial score (nSPS) is 23.4. The van der Waals surface area contributed by atoms with Crippen LogP contribution >= 0.6 is 0 Å². The zero-order valence-electron chi connectivity index (χ0n) is 11.0. The number of carbonyl (C=O) groups excluding carboxylic acids is 1. The molecule has 0 aromatic heterocycles. The van der Waals surface area contributed by atoms with Crippen LogP contribution in [0.4, 0.5) is 0 Å². The summed E-state index contributed by atoms with van der Waals surface area (Å²) < 4.78 is 11.1. The van der Waals surface area contributed by atoms with Crippen LogP contribution in [0.1, 0.15) is 32.3 Å². The van der Waals surface area contributed by atoms with Gasteiger partial charge >= 0.3 is 12.3 Å². The molecule has 2 unspecified atom stereocenters. The predicted octanol–water partition coefficient (Wildman–Crippen LogP) is 3.11. The average molecular weight is 249 g/mol. The van der Waals surface area contributed by atoms with Gasteiger partial charge in [-0.3, -0.25) is 4.74 Å². The van der Waals surface area contributed by atoms with Crippen molar-refractivity contribution in [2.45, 2.75) is 39.6 Å². The van der Waals surface area contributed by atoms with Gasteiger partial charge in [-0.15, -0.1) is 0 Å². The van der Waals surface area contributed by atoms with E-state index in [2.05, 4.69) is 13.8 Å². The molecular weight excluding hydrogens is 228 g/mol. The summed E-state index contributed by atoms with van der Waals surface area (Å²) in [4.78, 5) is 9.49. The smallest absolute Gasteiger partial charge is 0.339 e. The number of hydrogen-bond donors (Lipinski definition) is 0. The van der Waals surface area contributed by atoms with E-state index in [9.17, 15) is 4.79 Å². The molecule has 2 rings (SSSR count). The minimum absolute atomic E-state index is 0.110. The second-order valence-electron chi connectivity index (χ2n) is 5.27. The van der Waals surface area contributed by atoms with Crippen molar-refractivity contribution in [1.29, 1.82) is 0 Å². The first kappa shape index (κ1) is 13.1. The van der Waals surface area contributed by atoms with E-state index in [1.54, 1.807) is 0 Å². The van der Waals surface area contributed by atoms with Gasteiger partial charge in [-0.2, -0.15) is 0 Å². The van der Waals surface area contributed by atoms with Gasteiger partial charge < -0.3 is 9.53 Å². The molecule has 1 heterocycles. The Hall–Kier alpha value is -1.35. The molecule has 0 amide bonds. The molecule has 1 N–H and O–H groups in total. The maximum atomic E-state index is 9.49. The van der Waals surface area contributed by atoms with Crippen LogP contribution in [0.15, 0.2) is 30.3 Å². The van der Waals surface area contributed by atoms with Gasteiger partial charge in [0.1, 0.15) is 6.42 Å². The first-order chi connectivity index (χ1) is 8.65. The Morgan fingerprint density at radius 2 is 2.06 bits per heavy atom. The molecule has 98 valence electrons. The summed E-state index contributed by atoms with van der Waals surface area (Å²) >= 11 is 0.